The summed E-state index contributed by atoms with van der Waals surface area (Å²) >= 11 is 0. The summed E-state index contributed by atoms with van der Waals surface area (Å²) in [5.41, 5.74) is 0. The summed E-state index contributed by atoms with van der Waals surface area (Å²) in [6, 6.07) is 0. The first kappa shape index (κ1) is 5.59. The third-order valence-corrected chi connectivity index (χ3v) is 0.942. The van der Waals surface area contributed by atoms with Crippen LogP contribution in [-0.4, -0.2) is 17.8 Å². The van der Waals surface area contributed by atoms with E-state index in [9.17, 15) is 0 Å². The maximum Gasteiger partial charge on any atom is 0.128 e. The molecule has 0 aromatic heterocycles. The predicted octanol–water partition coefficient (Wildman–Crippen LogP) is 0.213. The highest BCUT2D eigenvalue weighted by Gasteiger charge is 2.09. The Hall–Kier alpha value is -0.540. The van der Waals surface area contributed by atoms with Crippen LogP contribution in [0.4, 0.5) is 0 Å². The van der Waals surface area contributed by atoms with Crippen LogP contribution in [0, 0.1) is 0 Å². The van der Waals surface area contributed by atoms with Crippen LogP contribution in [0.5, 0.6) is 0 Å². The summed E-state index contributed by atoms with van der Waals surface area (Å²) in [7, 11) is 0. The van der Waals surface area contributed by atoms with Crippen molar-refractivity contribution in [3.8, 4) is 0 Å². The second-order valence-corrected chi connectivity index (χ2v) is 1.57. The molecule has 1 heterocycles. The van der Waals surface area contributed by atoms with E-state index < -0.39 is 0 Å². The quantitative estimate of drug-likeness (QED) is 0.524. The molecule has 0 bridgehead atoms. The molecule has 3 heteroatoms. The van der Waals surface area contributed by atoms with E-state index in [-0.39, 0.29) is 12.7 Å². The summed E-state index contributed by atoms with van der Waals surface area (Å²) in [4.78, 5) is 9.04. The van der Waals surface area contributed by atoms with Crippen LogP contribution < -0.4 is 0 Å². The van der Waals surface area contributed by atoms with Gasteiger partial charge in [-0.2, -0.15) is 4.89 Å². The molecule has 1 aliphatic heterocycles. The van der Waals surface area contributed by atoms with Crippen molar-refractivity contribution in [2.45, 2.75) is 12.5 Å². The molecule has 0 aromatic carbocycles. The molecular formula is C5H8O3. The molecule has 1 aliphatic rings. The van der Waals surface area contributed by atoms with E-state index in [1.54, 1.807) is 6.08 Å². The molecule has 1 atom stereocenters. The van der Waals surface area contributed by atoms with Crippen LogP contribution in [0.3, 0.4) is 0 Å². The number of hydrogen-bond acceptors (Lipinski definition) is 3. The van der Waals surface area contributed by atoms with Gasteiger partial charge in [0.05, 0.1) is 0 Å². The zero-order valence-electron chi connectivity index (χ0n) is 4.41. The van der Waals surface area contributed by atoms with Crippen molar-refractivity contribution in [2.24, 2.45) is 0 Å². The molecule has 0 amide bonds. The molecule has 0 aliphatic carbocycles. The Morgan fingerprint density at radius 2 is 2.50 bits per heavy atom. The Balaban J connectivity index is 2.16. The lowest BCUT2D eigenvalue weighted by Crippen LogP contribution is -2.05. The van der Waals surface area contributed by atoms with Crippen molar-refractivity contribution < 1.29 is 14.9 Å². The van der Waals surface area contributed by atoms with Crippen molar-refractivity contribution in [2.75, 3.05) is 6.61 Å². The van der Waals surface area contributed by atoms with E-state index in [0.717, 1.165) is 0 Å². The highest BCUT2D eigenvalue weighted by Crippen LogP contribution is 2.06. The molecule has 1 N–H and O–H groups in total. The minimum atomic E-state index is -0.0417. The first-order valence-electron chi connectivity index (χ1n) is 2.53. The normalized spacial score (nSPS) is 25.9. The van der Waals surface area contributed by atoms with E-state index in [2.05, 4.69) is 9.78 Å². The molecular weight excluding hydrogens is 108 g/mol. The zero-order valence-corrected chi connectivity index (χ0v) is 4.41. The average Bonchev–Trinajstić information content (AvgIpc) is 2.19. The van der Waals surface area contributed by atoms with Gasteiger partial charge in [0.25, 0.3) is 0 Å². The van der Waals surface area contributed by atoms with Gasteiger partial charge >= 0.3 is 0 Å². The van der Waals surface area contributed by atoms with E-state index in [0.29, 0.717) is 6.42 Å². The first-order valence-corrected chi connectivity index (χ1v) is 2.53. The smallest absolute Gasteiger partial charge is 0.128 e. The Morgan fingerprint density at radius 3 is 3.00 bits per heavy atom. The van der Waals surface area contributed by atoms with Crippen molar-refractivity contribution in [3.63, 3.8) is 0 Å². The SMILES string of the molecule is OCCC1C=COO1. The van der Waals surface area contributed by atoms with Crippen LogP contribution in [-0.2, 0) is 9.78 Å². The fourth-order valence-electron chi connectivity index (χ4n) is 0.527. The lowest BCUT2D eigenvalue weighted by atomic mass is 10.3. The number of aliphatic hydroxyl groups excluding tert-OH is 1. The maximum atomic E-state index is 8.36. The molecule has 0 aromatic rings. The molecule has 0 fully saturated rings. The van der Waals surface area contributed by atoms with Crippen molar-refractivity contribution >= 4 is 0 Å². The Kier molecular flexibility index (Phi) is 1.88. The van der Waals surface area contributed by atoms with Gasteiger partial charge in [-0.1, -0.05) is 0 Å². The lowest BCUT2D eigenvalue weighted by Gasteiger charge is -2.00. The first-order chi connectivity index (χ1) is 3.93. The third-order valence-electron chi connectivity index (χ3n) is 0.942. The van der Waals surface area contributed by atoms with Crippen molar-refractivity contribution in [1.82, 2.24) is 0 Å². The van der Waals surface area contributed by atoms with Gasteiger partial charge in [0.2, 0.25) is 0 Å². The Morgan fingerprint density at radius 1 is 1.62 bits per heavy atom. The monoisotopic (exact) mass is 116 g/mol. The van der Waals surface area contributed by atoms with E-state index in [4.69, 9.17) is 5.11 Å². The number of hydrogen-bond donors (Lipinski definition) is 1. The van der Waals surface area contributed by atoms with Gasteiger partial charge in [0.1, 0.15) is 12.4 Å². The standard InChI is InChI=1S/C5H8O3/c6-3-1-5-2-4-7-8-5/h2,4-6H,1,3H2. The number of aliphatic hydroxyl groups is 1. The van der Waals surface area contributed by atoms with Crippen LogP contribution in [0.25, 0.3) is 0 Å². The summed E-state index contributed by atoms with van der Waals surface area (Å²) in [5.74, 6) is 0. The maximum absolute atomic E-state index is 8.36. The van der Waals surface area contributed by atoms with Gasteiger partial charge in [-0.05, 0) is 6.08 Å². The molecule has 8 heavy (non-hydrogen) atoms. The molecule has 0 saturated carbocycles. The summed E-state index contributed by atoms with van der Waals surface area (Å²) in [6.45, 7) is 0.137. The molecule has 1 rings (SSSR count). The highest BCUT2D eigenvalue weighted by atomic mass is 17.2. The van der Waals surface area contributed by atoms with E-state index >= 15 is 0 Å². The number of rotatable bonds is 2. The van der Waals surface area contributed by atoms with E-state index in [1.807, 2.05) is 0 Å². The van der Waals surface area contributed by atoms with Gasteiger partial charge < -0.3 is 9.99 Å². The fraction of sp³-hybridized carbons (Fsp3) is 0.600. The fourth-order valence-corrected chi connectivity index (χ4v) is 0.527. The van der Waals surface area contributed by atoms with Gasteiger partial charge in [-0.3, -0.25) is 0 Å². The molecule has 0 spiro atoms. The molecule has 1 unspecified atom stereocenters. The summed E-state index contributed by atoms with van der Waals surface area (Å²) in [5, 5.41) is 8.36. The van der Waals surface area contributed by atoms with Gasteiger partial charge in [-0.25, -0.2) is 0 Å². The van der Waals surface area contributed by atoms with Gasteiger partial charge in [0, 0.05) is 13.0 Å². The minimum absolute atomic E-state index is 0.0417. The summed E-state index contributed by atoms with van der Waals surface area (Å²) in [6.07, 6.45) is 3.80. The minimum Gasteiger partial charge on any atom is -0.396 e. The second kappa shape index (κ2) is 2.69. The van der Waals surface area contributed by atoms with Crippen LogP contribution in [0.1, 0.15) is 6.42 Å². The van der Waals surface area contributed by atoms with Crippen LogP contribution >= 0.6 is 0 Å². The predicted molar refractivity (Wildman–Crippen MR) is 26.8 cm³/mol. The lowest BCUT2D eigenvalue weighted by molar-refractivity contribution is -0.253. The van der Waals surface area contributed by atoms with Crippen molar-refractivity contribution in [3.05, 3.63) is 12.3 Å². The molecule has 46 valence electrons. The largest absolute Gasteiger partial charge is 0.396 e. The molecule has 0 saturated heterocycles. The summed E-state index contributed by atoms with van der Waals surface area (Å²) < 4.78 is 0. The van der Waals surface area contributed by atoms with E-state index in [1.165, 1.54) is 6.26 Å². The van der Waals surface area contributed by atoms with Gasteiger partial charge in [-0.15, -0.1) is 0 Å². The Labute approximate surface area is 47.5 Å². The molecule has 0 radical (unpaired) electrons. The van der Waals surface area contributed by atoms with Crippen LogP contribution in [0.2, 0.25) is 0 Å². The third kappa shape index (κ3) is 1.21. The average molecular weight is 116 g/mol. The highest BCUT2D eigenvalue weighted by molar-refractivity contribution is 4.85. The van der Waals surface area contributed by atoms with Crippen LogP contribution in [0.15, 0.2) is 12.3 Å². The molecule has 3 nitrogen and oxygen atoms in total. The van der Waals surface area contributed by atoms with Gasteiger partial charge in [0.15, 0.2) is 0 Å². The Bertz CT molecular complexity index is 89.7. The zero-order chi connectivity index (χ0) is 5.82. The van der Waals surface area contributed by atoms with Crippen molar-refractivity contribution in [1.29, 1.82) is 0 Å². The topological polar surface area (TPSA) is 38.7 Å². The second-order valence-electron chi connectivity index (χ2n) is 1.57.